The Bertz CT molecular complexity index is 513. The molecule has 0 aliphatic carbocycles. The van der Waals surface area contributed by atoms with Gasteiger partial charge in [-0.15, -0.1) is 11.3 Å². The fourth-order valence-electron chi connectivity index (χ4n) is 1.57. The largest absolute Gasteiger partial charge is 0.487 e. The molecule has 1 heterocycles. The number of benzene rings is 1. The van der Waals surface area contributed by atoms with E-state index in [-0.39, 0.29) is 13.2 Å². The summed E-state index contributed by atoms with van der Waals surface area (Å²) in [5, 5.41) is 11.9. The lowest BCUT2D eigenvalue weighted by molar-refractivity contribution is 0.192. The molecule has 0 amide bonds. The first-order valence-electron chi connectivity index (χ1n) is 6.22. The maximum absolute atomic E-state index is 8.78. The van der Waals surface area contributed by atoms with Crippen LogP contribution in [0.4, 0.5) is 0 Å². The predicted molar refractivity (Wildman–Crippen MR) is 74.8 cm³/mol. The van der Waals surface area contributed by atoms with E-state index in [0.717, 1.165) is 17.1 Å². The quantitative estimate of drug-likeness (QED) is 0.846. The summed E-state index contributed by atoms with van der Waals surface area (Å²) in [7, 11) is 0. The van der Waals surface area contributed by atoms with Crippen molar-refractivity contribution < 1.29 is 14.6 Å². The van der Waals surface area contributed by atoms with Crippen LogP contribution in [-0.2, 0) is 13.0 Å². The van der Waals surface area contributed by atoms with Crippen LogP contribution in [0.2, 0.25) is 0 Å². The van der Waals surface area contributed by atoms with E-state index in [9.17, 15) is 0 Å². The molecular weight excluding hydrogens is 262 g/mol. The lowest BCUT2D eigenvalue weighted by Gasteiger charge is -2.11. The smallest absolute Gasteiger partial charge is 0.161 e. The van der Waals surface area contributed by atoms with Crippen molar-refractivity contribution in [2.75, 3.05) is 13.2 Å². The van der Waals surface area contributed by atoms with Gasteiger partial charge in [0.1, 0.15) is 13.2 Å². The summed E-state index contributed by atoms with van der Waals surface area (Å²) in [5.41, 5.74) is 0.929. The summed E-state index contributed by atoms with van der Waals surface area (Å²) in [5.74, 6) is 1.31. The number of nitrogens with zero attached hydrogens (tertiary/aromatic N) is 1. The van der Waals surface area contributed by atoms with Gasteiger partial charge in [-0.2, -0.15) is 0 Å². The fraction of sp³-hybridized carbons (Fsp3) is 0.357. The zero-order valence-corrected chi connectivity index (χ0v) is 11.7. The summed E-state index contributed by atoms with van der Waals surface area (Å²) >= 11 is 1.65. The van der Waals surface area contributed by atoms with Crippen LogP contribution >= 0.6 is 11.3 Å². The molecule has 0 aliphatic heterocycles. The van der Waals surface area contributed by atoms with Gasteiger partial charge < -0.3 is 14.6 Å². The van der Waals surface area contributed by atoms with E-state index >= 15 is 0 Å². The number of hydrogen-bond donors (Lipinski definition) is 1. The third kappa shape index (κ3) is 3.94. The maximum atomic E-state index is 8.78. The van der Waals surface area contributed by atoms with Crippen LogP contribution in [0.25, 0.3) is 0 Å². The van der Waals surface area contributed by atoms with Crippen LogP contribution < -0.4 is 9.47 Å². The van der Waals surface area contributed by atoms with Crippen molar-refractivity contribution in [3.8, 4) is 11.5 Å². The second kappa shape index (κ2) is 7.11. The van der Waals surface area contributed by atoms with Crippen LogP contribution in [0.5, 0.6) is 11.5 Å². The van der Waals surface area contributed by atoms with E-state index in [0.29, 0.717) is 18.1 Å². The fourth-order valence-corrected chi connectivity index (χ4v) is 2.30. The number of ether oxygens (including phenoxy) is 2. The molecule has 5 heteroatoms. The molecule has 1 aromatic carbocycles. The average Bonchev–Trinajstić information content (AvgIpc) is 2.91. The summed E-state index contributed by atoms with van der Waals surface area (Å²) < 4.78 is 11.1. The summed E-state index contributed by atoms with van der Waals surface area (Å²) in [6.07, 6.45) is 0.945. The molecular formula is C14H17NO3S. The molecule has 1 N–H and O–H groups in total. The molecule has 0 radical (unpaired) electrons. The highest BCUT2D eigenvalue weighted by molar-refractivity contribution is 7.09. The number of aliphatic hydroxyl groups is 1. The van der Waals surface area contributed by atoms with Gasteiger partial charge in [-0.1, -0.05) is 19.1 Å². The molecule has 4 nitrogen and oxygen atoms in total. The number of aromatic nitrogens is 1. The van der Waals surface area contributed by atoms with E-state index in [1.165, 1.54) is 0 Å². The predicted octanol–water partition coefficient (Wildman–Crippen LogP) is 2.66. The van der Waals surface area contributed by atoms with E-state index in [2.05, 4.69) is 11.9 Å². The highest BCUT2D eigenvalue weighted by Crippen LogP contribution is 2.27. The minimum atomic E-state index is -0.0136. The topological polar surface area (TPSA) is 51.6 Å². The first-order chi connectivity index (χ1) is 9.33. The Morgan fingerprint density at radius 1 is 1.21 bits per heavy atom. The lowest BCUT2D eigenvalue weighted by Crippen LogP contribution is -2.04. The van der Waals surface area contributed by atoms with Crippen LogP contribution in [0.3, 0.4) is 0 Å². The van der Waals surface area contributed by atoms with E-state index in [1.54, 1.807) is 11.3 Å². The van der Waals surface area contributed by atoms with Gasteiger partial charge in [0.05, 0.1) is 17.3 Å². The zero-order chi connectivity index (χ0) is 13.5. The molecule has 0 spiro atoms. The molecule has 0 bridgehead atoms. The number of para-hydroxylation sites is 2. The molecule has 2 aromatic rings. The second-order valence-electron chi connectivity index (χ2n) is 3.89. The third-order valence-electron chi connectivity index (χ3n) is 2.48. The Morgan fingerprint density at radius 2 is 1.95 bits per heavy atom. The summed E-state index contributed by atoms with van der Waals surface area (Å²) in [6.45, 7) is 2.76. The Labute approximate surface area is 116 Å². The van der Waals surface area contributed by atoms with Gasteiger partial charge in [0, 0.05) is 5.38 Å². The van der Waals surface area contributed by atoms with E-state index in [1.807, 2.05) is 29.6 Å². The van der Waals surface area contributed by atoms with Gasteiger partial charge in [-0.05, 0) is 18.6 Å². The molecule has 0 aliphatic rings. The molecule has 102 valence electrons. The molecule has 0 unspecified atom stereocenters. The highest BCUT2D eigenvalue weighted by atomic mass is 32.1. The Kier molecular flexibility index (Phi) is 5.18. The number of aliphatic hydroxyl groups excluding tert-OH is 1. The van der Waals surface area contributed by atoms with Crippen LogP contribution in [0, 0.1) is 0 Å². The van der Waals surface area contributed by atoms with Crippen LogP contribution in [-0.4, -0.2) is 23.3 Å². The Balaban J connectivity index is 1.98. The van der Waals surface area contributed by atoms with Gasteiger partial charge in [-0.25, -0.2) is 4.98 Å². The normalized spacial score (nSPS) is 10.4. The molecule has 0 saturated heterocycles. The van der Waals surface area contributed by atoms with Crippen molar-refractivity contribution in [1.29, 1.82) is 0 Å². The minimum Gasteiger partial charge on any atom is -0.487 e. The van der Waals surface area contributed by atoms with Crippen molar-refractivity contribution in [3.05, 3.63) is 40.3 Å². The van der Waals surface area contributed by atoms with Crippen molar-refractivity contribution >= 4 is 11.3 Å². The number of aryl methyl sites for hydroxylation is 1. The monoisotopic (exact) mass is 279 g/mol. The minimum absolute atomic E-state index is 0.0136. The molecule has 19 heavy (non-hydrogen) atoms. The van der Waals surface area contributed by atoms with Gasteiger partial charge in [0.25, 0.3) is 0 Å². The first-order valence-corrected chi connectivity index (χ1v) is 7.10. The van der Waals surface area contributed by atoms with Crippen molar-refractivity contribution in [2.24, 2.45) is 0 Å². The standard InChI is InChI=1S/C14H17NO3S/c1-2-14-15-11(10-19-14)9-18-13-6-4-3-5-12(13)17-8-7-16/h3-6,10,16H,2,7-9H2,1H3. The van der Waals surface area contributed by atoms with Gasteiger partial charge >= 0.3 is 0 Å². The molecule has 0 saturated carbocycles. The third-order valence-corrected chi connectivity index (χ3v) is 3.52. The van der Waals surface area contributed by atoms with E-state index in [4.69, 9.17) is 14.6 Å². The van der Waals surface area contributed by atoms with Gasteiger partial charge in [0.2, 0.25) is 0 Å². The second-order valence-corrected chi connectivity index (χ2v) is 4.84. The maximum Gasteiger partial charge on any atom is 0.161 e. The van der Waals surface area contributed by atoms with Crippen LogP contribution in [0.15, 0.2) is 29.6 Å². The Hall–Kier alpha value is -1.59. The number of rotatable bonds is 7. The van der Waals surface area contributed by atoms with E-state index < -0.39 is 0 Å². The Morgan fingerprint density at radius 3 is 2.58 bits per heavy atom. The van der Waals surface area contributed by atoms with Crippen molar-refractivity contribution in [1.82, 2.24) is 4.98 Å². The molecule has 2 rings (SSSR count). The molecule has 0 fully saturated rings. The summed E-state index contributed by atoms with van der Waals surface area (Å²) in [6, 6.07) is 7.43. The SMILES string of the molecule is CCc1nc(COc2ccccc2OCCO)cs1. The van der Waals surface area contributed by atoms with Crippen LogP contribution in [0.1, 0.15) is 17.6 Å². The number of hydrogen-bond acceptors (Lipinski definition) is 5. The van der Waals surface area contributed by atoms with Gasteiger partial charge in [-0.3, -0.25) is 0 Å². The lowest BCUT2D eigenvalue weighted by atomic mass is 10.3. The molecule has 0 atom stereocenters. The summed E-state index contributed by atoms with van der Waals surface area (Å²) in [4.78, 5) is 4.45. The average molecular weight is 279 g/mol. The first kappa shape index (κ1) is 13.8. The zero-order valence-electron chi connectivity index (χ0n) is 10.8. The number of thiazole rings is 1. The molecule has 1 aromatic heterocycles. The highest BCUT2D eigenvalue weighted by Gasteiger charge is 2.06. The van der Waals surface area contributed by atoms with Gasteiger partial charge in [0.15, 0.2) is 11.5 Å². The van der Waals surface area contributed by atoms with Crippen molar-refractivity contribution in [2.45, 2.75) is 20.0 Å². The van der Waals surface area contributed by atoms with Crippen molar-refractivity contribution in [3.63, 3.8) is 0 Å².